The standard InChI is InChI=1S/C15H14IN/c16-15-14-9-5-4-6-12(14)10-11-17(15)13-7-2-1-3-8-13/h1-9,15H,10-11H2. The molecule has 0 bridgehead atoms. The highest BCUT2D eigenvalue weighted by molar-refractivity contribution is 14.1. The largest absolute Gasteiger partial charge is 0.355 e. The molecule has 0 amide bonds. The van der Waals surface area contributed by atoms with Crippen LogP contribution in [0.5, 0.6) is 0 Å². The summed E-state index contributed by atoms with van der Waals surface area (Å²) in [6, 6.07) is 19.5. The highest BCUT2D eigenvalue weighted by Gasteiger charge is 2.24. The number of benzene rings is 2. The minimum Gasteiger partial charge on any atom is -0.355 e. The maximum absolute atomic E-state index is 2.54. The topological polar surface area (TPSA) is 3.24 Å². The van der Waals surface area contributed by atoms with Crippen LogP contribution in [0.25, 0.3) is 0 Å². The third-order valence-corrected chi connectivity index (χ3v) is 4.64. The summed E-state index contributed by atoms with van der Waals surface area (Å²) in [7, 11) is 0. The lowest BCUT2D eigenvalue weighted by Gasteiger charge is -2.35. The van der Waals surface area contributed by atoms with E-state index in [0.29, 0.717) is 4.05 Å². The number of nitrogens with zero attached hydrogens (tertiary/aromatic N) is 1. The molecule has 86 valence electrons. The molecule has 2 aromatic carbocycles. The number of halogens is 1. The molecule has 1 unspecified atom stereocenters. The molecule has 1 heterocycles. The fourth-order valence-electron chi connectivity index (χ4n) is 2.40. The molecule has 0 N–H and O–H groups in total. The van der Waals surface area contributed by atoms with Crippen LogP contribution in [-0.4, -0.2) is 6.54 Å². The van der Waals surface area contributed by atoms with Crippen molar-refractivity contribution in [3.63, 3.8) is 0 Å². The lowest BCUT2D eigenvalue weighted by Crippen LogP contribution is -2.32. The fraction of sp³-hybridized carbons (Fsp3) is 0.200. The van der Waals surface area contributed by atoms with E-state index in [4.69, 9.17) is 0 Å². The molecule has 0 spiro atoms. The minimum atomic E-state index is 0.444. The molecule has 1 aliphatic rings. The molecular weight excluding hydrogens is 321 g/mol. The van der Waals surface area contributed by atoms with Crippen molar-refractivity contribution in [2.75, 3.05) is 11.4 Å². The van der Waals surface area contributed by atoms with Gasteiger partial charge in [0.15, 0.2) is 0 Å². The molecule has 0 radical (unpaired) electrons. The number of rotatable bonds is 1. The first-order valence-corrected chi connectivity index (χ1v) is 7.14. The van der Waals surface area contributed by atoms with Gasteiger partial charge in [-0.2, -0.15) is 0 Å². The second kappa shape index (κ2) is 4.69. The Kier molecular flexibility index (Phi) is 3.05. The average molecular weight is 335 g/mol. The molecule has 1 atom stereocenters. The van der Waals surface area contributed by atoms with E-state index in [0.717, 1.165) is 13.0 Å². The van der Waals surface area contributed by atoms with Crippen molar-refractivity contribution >= 4 is 28.3 Å². The molecule has 0 aliphatic carbocycles. The summed E-state index contributed by atoms with van der Waals surface area (Å²) in [5, 5.41) is 0. The van der Waals surface area contributed by atoms with Crippen molar-refractivity contribution in [2.24, 2.45) is 0 Å². The highest BCUT2D eigenvalue weighted by Crippen LogP contribution is 2.37. The summed E-state index contributed by atoms with van der Waals surface area (Å²) >= 11 is 2.54. The van der Waals surface area contributed by atoms with Crippen molar-refractivity contribution in [1.82, 2.24) is 0 Å². The van der Waals surface area contributed by atoms with Gasteiger partial charge in [0, 0.05) is 12.2 Å². The summed E-state index contributed by atoms with van der Waals surface area (Å²) in [5.41, 5.74) is 4.28. The second-order valence-electron chi connectivity index (χ2n) is 4.31. The van der Waals surface area contributed by atoms with Crippen molar-refractivity contribution in [2.45, 2.75) is 10.5 Å². The van der Waals surface area contributed by atoms with E-state index in [-0.39, 0.29) is 0 Å². The van der Waals surface area contributed by atoms with Crippen LogP contribution >= 0.6 is 22.6 Å². The molecule has 1 nitrogen and oxygen atoms in total. The van der Waals surface area contributed by atoms with Crippen LogP contribution in [0.2, 0.25) is 0 Å². The minimum absolute atomic E-state index is 0.444. The van der Waals surface area contributed by atoms with Crippen LogP contribution in [0.4, 0.5) is 5.69 Å². The molecule has 2 aromatic rings. The van der Waals surface area contributed by atoms with Crippen LogP contribution in [0.1, 0.15) is 15.2 Å². The highest BCUT2D eigenvalue weighted by atomic mass is 127. The Morgan fingerprint density at radius 2 is 1.65 bits per heavy atom. The maximum Gasteiger partial charge on any atom is 0.106 e. The Hall–Kier alpha value is -1.03. The number of alkyl halides is 1. The van der Waals surface area contributed by atoms with Crippen molar-refractivity contribution in [3.8, 4) is 0 Å². The Morgan fingerprint density at radius 3 is 2.47 bits per heavy atom. The molecule has 3 rings (SSSR count). The van der Waals surface area contributed by atoms with E-state index >= 15 is 0 Å². The van der Waals surface area contributed by atoms with Crippen LogP contribution in [0.3, 0.4) is 0 Å². The zero-order chi connectivity index (χ0) is 11.7. The lowest BCUT2D eigenvalue weighted by atomic mass is 9.99. The van der Waals surface area contributed by atoms with Crippen molar-refractivity contribution in [3.05, 3.63) is 65.7 Å². The monoisotopic (exact) mass is 335 g/mol. The van der Waals surface area contributed by atoms with Gasteiger partial charge in [0.1, 0.15) is 4.05 Å². The summed E-state index contributed by atoms with van der Waals surface area (Å²) in [4.78, 5) is 2.48. The summed E-state index contributed by atoms with van der Waals surface area (Å²) in [5.74, 6) is 0. The zero-order valence-electron chi connectivity index (χ0n) is 9.51. The molecular formula is C15H14IN. The molecule has 0 fully saturated rings. The SMILES string of the molecule is IC1c2ccccc2CCN1c1ccccc1. The molecule has 0 saturated carbocycles. The van der Waals surface area contributed by atoms with Gasteiger partial charge in [-0.3, -0.25) is 0 Å². The van der Waals surface area contributed by atoms with Gasteiger partial charge in [-0.1, -0.05) is 65.1 Å². The third-order valence-electron chi connectivity index (χ3n) is 3.30. The fourth-order valence-corrected chi connectivity index (χ4v) is 3.60. The van der Waals surface area contributed by atoms with E-state index < -0.39 is 0 Å². The Labute approximate surface area is 116 Å². The lowest BCUT2D eigenvalue weighted by molar-refractivity contribution is 0.735. The average Bonchev–Trinajstić information content (AvgIpc) is 2.40. The van der Waals surface area contributed by atoms with E-state index in [9.17, 15) is 0 Å². The first kappa shape index (κ1) is 11.1. The smallest absolute Gasteiger partial charge is 0.106 e. The predicted molar refractivity (Wildman–Crippen MR) is 80.7 cm³/mol. The van der Waals surface area contributed by atoms with Crippen molar-refractivity contribution in [1.29, 1.82) is 0 Å². The Bertz CT molecular complexity index is 509. The number of hydrogen-bond donors (Lipinski definition) is 0. The Balaban J connectivity index is 1.97. The van der Waals surface area contributed by atoms with Gasteiger partial charge in [-0.15, -0.1) is 0 Å². The molecule has 0 aromatic heterocycles. The summed E-state index contributed by atoms with van der Waals surface area (Å²) in [6.45, 7) is 1.11. The van der Waals surface area contributed by atoms with Crippen LogP contribution in [0.15, 0.2) is 54.6 Å². The van der Waals surface area contributed by atoms with E-state index in [2.05, 4.69) is 82.1 Å². The van der Waals surface area contributed by atoms with Gasteiger partial charge in [-0.05, 0) is 29.7 Å². The first-order chi connectivity index (χ1) is 8.36. The van der Waals surface area contributed by atoms with Crippen molar-refractivity contribution < 1.29 is 0 Å². The quantitative estimate of drug-likeness (QED) is 0.429. The molecule has 2 heteroatoms. The van der Waals surface area contributed by atoms with E-state index in [1.54, 1.807) is 0 Å². The maximum atomic E-state index is 2.54. The van der Waals surface area contributed by atoms with Crippen LogP contribution < -0.4 is 4.90 Å². The molecule has 0 saturated heterocycles. The van der Waals surface area contributed by atoms with E-state index in [1.807, 2.05) is 0 Å². The normalized spacial score (nSPS) is 18.9. The van der Waals surface area contributed by atoms with Gasteiger partial charge in [0.25, 0.3) is 0 Å². The van der Waals surface area contributed by atoms with E-state index in [1.165, 1.54) is 16.8 Å². The van der Waals surface area contributed by atoms with Gasteiger partial charge in [-0.25, -0.2) is 0 Å². The second-order valence-corrected chi connectivity index (χ2v) is 5.49. The third kappa shape index (κ3) is 2.06. The van der Waals surface area contributed by atoms with Crippen LogP contribution in [-0.2, 0) is 6.42 Å². The van der Waals surface area contributed by atoms with Gasteiger partial charge in [0.2, 0.25) is 0 Å². The summed E-state index contributed by atoms with van der Waals surface area (Å²) in [6.07, 6.45) is 1.14. The van der Waals surface area contributed by atoms with Gasteiger partial charge < -0.3 is 4.90 Å². The van der Waals surface area contributed by atoms with Crippen LogP contribution in [0, 0.1) is 0 Å². The number of hydrogen-bond acceptors (Lipinski definition) is 1. The van der Waals surface area contributed by atoms with Gasteiger partial charge in [0.05, 0.1) is 0 Å². The Morgan fingerprint density at radius 1 is 0.941 bits per heavy atom. The van der Waals surface area contributed by atoms with Gasteiger partial charge >= 0.3 is 0 Å². The molecule has 1 aliphatic heterocycles. The first-order valence-electron chi connectivity index (χ1n) is 5.90. The summed E-state index contributed by atoms with van der Waals surface area (Å²) < 4.78 is 0.444. The zero-order valence-corrected chi connectivity index (χ0v) is 11.7. The number of para-hydroxylation sites is 1. The number of anilines is 1. The predicted octanol–water partition coefficient (Wildman–Crippen LogP) is 4.18. The molecule has 17 heavy (non-hydrogen) atoms. The number of fused-ring (bicyclic) bond motifs is 1.